The SMILES string of the molecule is CCC(NC(=O)N(CC)C(=O)C(CNC=O)Sc1ccccc1OC)c1ccc(C(=O)O)c(N)c1. The Morgan fingerprint density at radius 2 is 1.91 bits per heavy atom. The van der Waals surface area contributed by atoms with E-state index in [-0.39, 0.29) is 24.3 Å². The first-order valence-electron chi connectivity index (χ1n) is 11.0. The third kappa shape index (κ3) is 7.12. The van der Waals surface area contributed by atoms with Crippen LogP contribution in [0.2, 0.25) is 0 Å². The molecule has 0 saturated heterocycles. The molecule has 0 spiro atoms. The molecule has 0 aliphatic heterocycles. The van der Waals surface area contributed by atoms with Crippen LogP contribution in [0.3, 0.4) is 0 Å². The monoisotopic (exact) mass is 502 g/mol. The van der Waals surface area contributed by atoms with Gasteiger partial charge in [0, 0.05) is 18.8 Å². The maximum absolute atomic E-state index is 13.4. The number of nitrogens with one attached hydrogen (secondary N) is 2. The number of rotatable bonds is 12. The molecular formula is C24H30N4O6S. The van der Waals surface area contributed by atoms with Gasteiger partial charge in [-0.15, -0.1) is 11.8 Å². The molecule has 0 bridgehead atoms. The van der Waals surface area contributed by atoms with Gasteiger partial charge in [-0.3, -0.25) is 14.5 Å². The molecule has 0 radical (unpaired) electrons. The highest BCUT2D eigenvalue weighted by Gasteiger charge is 2.30. The largest absolute Gasteiger partial charge is 0.496 e. The molecule has 2 aromatic carbocycles. The summed E-state index contributed by atoms with van der Waals surface area (Å²) in [6, 6.07) is 10.5. The molecule has 11 heteroatoms. The number of benzene rings is 2. The summed E-state index contributed by atoms with van der Waals surface area (Å²) in [5.74, 6) is -1.05. The van der Waals surface area contributed by atoms with Gasteiger partial charge in [-0.1, -0.05) is 25.1 Å². The number of ether oxygens (including phenoxy) is 1. The average Bonchev–Trinajstić information content (AvgIpc) is 2.85. The van der Waals surface area contributed by atoms with Crippen LogP contribution in [0.1, 0.15) is 42.2 Å². The molecule has 2 unspecified atom stereocenters. The van der Waals surface area contributed by atoms with Gasteiger partial charge in [0.2, 0.25) is 12.3 Å². The molecule has 2 aromatic rings. The zero-order chi connectivity index (χ0) is 26.0. The highest BCUT2D eigenvalue weighted by atomic mass is 32.2. The van der Waals surface area contributed by atoms with E-state index in [1.807, 2.05) is 6.92 Å². The van der Waals surface area contributed by atoms with Gasteiger partial charge in [-0.2, -0.15) is 0 Å². The van der Waals surface area contributed by atoms with Crippen molar-refractivity contribution in [2.45, 2.75) is 36.5 Å². The van der Waals surface area contributed by atoms with Crippen molar-refractivity contribution in [2.24, 2.45) is 0 Å². The van der Waals surface area contributed by atoms with Gasteiger partial charge in [0.15, 0.2) is 0 Å². The van der Waals surface area contributed by atoms with E-state index in [2.05, 4.69) is 10.6 Å². The van der Waals surface area contributed by atoms with Gasteiger partial charge in [0.05, 0.1) is 23.6 Å². The molecule has 188 valence electrons. The van der Waals surface area contributed by atoms with Crippen LogP contribution in [0.15, 0.2) is 47.4 Å². The van der Waals surface area contributed by atoms with Crippen LogP contribution in [0.5, 0.6) is 5.75 Å². The number of nitrogens with zero attached hydrogens (tertiary/aromatic N) is 1. The van der Waals surface area contributed by atoms with Crippen LogP contribution < -0.4 is 21.1 Å². The molecular weight excluding hydrogens is 472 g/mol. The van der Waals surface area contributed by atoms with E-state index in [0.717, 1.165) is 4.90 Å². The normalized spacial score (nSPS) is 12.2. The maximum Gasteiger partial charge on any atom is 0.337 e. The smallest absolute Gasteiger partial charge is 0.337 e. The molecule has 2 atom stereocenters. The van der Waals surface area contributed by atoms with Crippen molar-refractivity contribution in [1.82, 2.24) is 15.5 Å². The highest BCUT2D eigenvalue weighted by molar-refractivity contribution is 8.00. The molecule has 0 saturated carbocycles. The van der Waals surface area contributed by atoms with E-state index >= 15 is 0 Å². The standard InChI is InChI=1S/C24H30N4O6S/c1-4-18(15-10-11-16(23(31)32)17(25)12-15)27-24(33)28(5-2)22(30)21(13-26-14-29)35-20-9-7-6-8-19(20)34-3/h6-12,14,18,21H,4-5,13,25H2,1-3H3,(H,26,29)(H,27,33)(H,31,32). The van der Waals surface area contributed by atoms with E-state index in [9.17, 15) is 24.3 Å². The number of methoxy groups -OCH3 is 1. The summed E-state index contributed by atoms with van der Waals surface area (Å²) in [7, 11) is 1.52. The van der Waals surface area contributed by atoms with E-state index in [1.165, 1.54) is 31.0 Å². The zero-order valence-corrected chi connectivity index (χ0v) is 20.6. The number of carboxylic acid groups (broad SMARTS) is 1. The van der Waals surface area contributed by atoms with Gasteiger partial charge < -0.3 is 26.2 Å². The number of carbonyl (C=O) groups is 4. The first-order valence-corrected chi connectivity index (χ1v) is 11.9. The van der Waals surface area contributed by atoms with Crippen LogP contribution >= 0.6 is 11.8 Å². The predicted molar refractivity (Wildman–Crippen MR) is 133 cm³/mol. The number of para-hydroxylation sites is 1. The fraction of sp³-hybridized carbons (Fsp3) is 0.333. The van der Waals surface area contributed by atoms with Gasteiger partial charge in [-0.25, -0.2) is 9.59 Å². The third-order valence-corrected chi connectivity index (χ3v) is 6.49. The Balaban J connectivity index is 2.24. The minimum atomic E-state index is -1.14. The summed E-state index contributed by atoms with van der Waals surface area (Å²) in [5.41, 5.74) is 6.53. The molecule has 35 heavy (non-hydrogen) atoms. The molecule has 5 N–H and O–H groups in total. The Bertz CT molecular complexity index is 1060. The lowest BCUT2D eigenvalue weighted by atomic mass is 10.0. The van der Waals surface area contributed by atoms with Crippen molar-refractivity contribution >= 4 is 41.8 Å². The number of nitrogens with two attached hydrogens (primary N) is 1. The first kappa shape index (κ1) is 27.5. The van der Waals surface area contributed by atoms with Gasteiger partial charge in [0.1, 0.15) is 11.0 Å². The van der Waals surface area contributed by atoms with Crippen molar-refractivity contribution in [1.29, 1.82) is 0 Å². The number of thioether (sulfide) groups is 1. The lowest BCUT2D eigenvalue weighted by Crippen LogP contribution is -2.49. The fourth-order valence-electron chi connectivity index (χ4n) is 3.42. The molecule has 0 heterocycles. The number of urea groups is 1. The summed E-state index contributed by atoms with van der Waals surface area (Å²) in [5, 5.41) is 13.7. The zero-order valence-electron chi connectivity index (χ0n) is 19.8. The Morgan fingerprint density at radius 1 is 1.20 bits per heavy atom. The quantitative estimate of drug-likeness (QED) is 0.196. The van der Waals surface area contributed by atoms with Crippen LogP contribution in [0.25, 0.3) is 0 Å². The van der Waals surface area contributed by atoms with E-state index < -0.39 is 29.2 Å². The Hall–Kier alpha value is -3.73. The average molecular weight is 503 g/mol. The lowest BCUT2D eigenvalue weighted by molar-refractivity contribution is -0.127. The predicted octanol–water partition coefficient (Wildman–Crippen LogP) is 2.89. The second kappa shape index (κ2) is 13.2. The molecule has 0 aliphatic rings. The third-order valence-electron chi connectivity index (χ3n) is 5.24. The molecule has 0 aromatic heterocycles. The number of carbonyl (C=O) groups excluding carboxylic acids is 3. The number of amides is 4. The van der Waals surface area contributed by atoms with Crippen LogP contribution in [0, 0.1) is 0 Å². The first-order chi connectivity index (χ1) is 16.8. The summed E-state index contributed by atoms with van der Waals surface area (Å²) in [6.45, 7) is 3.64. The van der Waals surface area contributed by atoms with Crippen molar-refractivity contribution in [3.8, 4) is 5.75 Å². The topological polar surface area (TPSA) is 151 Å². The number of hydrogen-bond acceptors (Lipinski definition) is 7. The van der Waals surface area contributed by atoms with Gasteiger partial charge in [0.25, 0.3) is 0 Å². The number of carboxylic acids is 1. The van der Waals surface area contributed by atoms with Gasteiger partial charge in [-0.05, 0) is 43.2 Å². The van der Waals surface area contributed by atoms with Crippen molar-refractivity contribution < 1.29 is 29.0 Å². The van der Waals surface area contributed by atoms with Crippen LogP contribution in [0.4, 0.5) is 10.5 Å². The summed E-state index contributed by atoms with van der Waals surface area (Å²) in [4.78, 5) is 50.4. The minimum absolute atomic E-state index is 0.0131. The van der Waals surface area contributed by atoms with E-state index in [4.69, 9.17) is 10.5 Å². The number of anilines is 1. The number of hydrogen-bond donors (Lipinski definition) is 4. The summed E-state index contributed by atoms with van der Waals surface area (Å²) in [6.07, 6.45) is 0.979. The summed E-state index contributed by atoms with van der Waals surface area (Å²) >= 11 is 1.19. The Kier molecular flexibility index (Phi) is 10.4. The molecule has 4 amide bonds. The highest BCUT2D eigenvalue weighted by Crippen LogP contribution is 2.32. The van der Waals surface area contributed by atoms with Gasteiger partial charge >= 0.3 is 12.0 Å². The van der Waals surface area contributed by atoms with E-state index in [1.54, 1.807) is 37.3 Å². The lowest BCUT2D eigenvalue weighted by Gasteiger charge is -2.27. The Labute approximate surface area is 208 Å². The molecule has 2 rings (SSSR count). The molecule has 10 nitrogen and oxygen atoms in total. The minimum Gasteiger partial charge on any atom is -0.496 e. The number of aromatic carboxylic acids is 1. The molecule has 0 fully saturated rings. The second-order valence-corrected chi connectivity index (χ2v) is 8.67. The Morgan fingerprint density at radius 3 is 2.49 bits per heavy atom. The maximum atomic E-state index is 13.4. The van der Waals surface area contributed by atoms with E-state index in [0.29, 0.717) is 29.0 Å². The van der Waals surface area contributed by atoms with Crippen LogP contribution in [-0.2, 0) is 9.59 Å². The van der Waals surface area contributed by atoms with Crippen LogP contribution in [-0.4, -0.2) is 59.8 Å². The second-order valence-electron chi connectivity index (χ2n) is 7.43. The van der Waals surface area contributed by atoms with Crippen molar-refractivity contribution in [3.05, 3.63) is 53.6 Å². The summed E-state index contributed by atoms with van der Waals surface area (Å²) < 4.78 is 5.35. The fourth-order valence-corrected chi connectivity index (χ4v) is 4.56. The van der Waals surface area contributed by atoms with Crippen molar-refractivity contribution in [3.63, 3.8) is 0 Å². The number of nitrogen functional groups attached to an aromatic ring is 1. The van der Waals surface area contributed by atoms with Crippen molar-refractivity contribution in [2.75, 3.05) is 25.9 Å². The molecule has 0 aliphatic carbocycles. The number of imide groups is 1.